The topological polar surface area (TPSA) is 101 Å². The molecule has 0 aliphatic rings. The number of carbonyl (C=O) groups is 1. The molecule has 0 atom stereocenters. The highest BCUT2D eigenvalue weighted by molar-refractivity contribution is 7.92. The van der Waals surface area contributed by atoms with E-state index in [-0.39, 0.29) is 16.5 Å². The second kappa shape index (κ2) is 9.36. The van der Waals surface area contributed by atoms with Gasteiger partial charge in [0.2, 0.25) is 0 Å². The number of nitrogens with one attached hydrogen (secondary N) is 2. The number of sulfonamides is 1. The second-order valence-corrected chi connectivity index (χ2v) is 9.46. The first kappa shape index (κ1) is 22.2. The van der Waals surface area contributed by atoms with Crippen LogP contribution >= 0.6 is 0 Å². The van der Waals surface area contributed by atoms with Gasteiger partial charge >= 0.3 is 0 Å². The molecule has 1 aromatic heterocycles. The number of benzene rings is 4. The largest absolute Gasteiger partial charge is 0.362 e. The van der Waals surface area contributed by atoms with Crippen molar-refractivity contribution in [1.29, 1.82) is 0 Å². The number of nitrogens with zero attached hydrogens (tertiary/aromatic N) is 2. The summed E-state index contributed by atoms with van der Waals surface area (Å²) >= 11 is 0. The highest BCUT2D eigenvalue weighted by Crippen LogP contribution is 2.19. The zero-order chi connectivity index (χ0) is 24.3. The molecule has 4 aromatic carbocycles. The number of fused-ring (bicyclic) bond motifs is 2. The van der Waals surface area contributed by atoms with E-state index in [0.717, 1.165) is 10.8 Å². The van der Waals surface area contributed by atoms with E-state index < -0.39 is 10.0 Å². The van der Waals surface area contributed by atoms with Gasteiger partial charge in [0, 0.05) is 23.5 Å². The smallest absolute Gasteiger partial charge is 0.263 e. The van der Waals surface area contributed by atoms with Gasteiger partial charge in [0.15, 0.2) is 11.6 Å². The maximum Gasteiger partial charge on any atom is 0.263 e. The summed E-state index contributed by atoms with van der Waals surface area (Å²) in [4.78, 5) is 21.1. The Labute approximate surface area is 202 Å². The predicted octanol–water partition coefficient (Wildman–Crippen LogP) is 5.39. The molecule has 172 valence electrons. The van der Waals surface area contributed by atoms with Gasteiger partial charge in [-0.05, 0) is 53.2 Å². The third-order valence-corrected chi connectivity index (χ3v) is 6.74. The van der Waals surface area contributed by atoms with E-state index in [0.29, 0.717) is 22.3 Å². The number of hydrogen-bond acceptors (Lipinski definition) is 6. The standard InChI is InChI=1S/C27H20N4O3S/c32-26(21-10-9-19-5-1-2-6-20(19)17-21)15-16-28-22-11-13-23(14-12-22)35(33,34)31-27-18-29-24-7-3-4-8-25(24)30-27/h1-18,28H,(H,30,31). The number of para-hydroxylation sites is 2. The molecule has 0 fully saturated rings. The fourth-order valence-electron chi connectivity index (χ4n) is 3.59. The lowest BCUT2D eigenvalue weighted by Crippen LogP contribution is -2.14. The van der Waals surface area contributed by atoms with Crippen molar-refractivity contribution in [2.75, 3.05) is 10.0 Å². The minimum atomic E-state index is -3.84. The van der Waals surface area contributed by atoms with Crippen LogP contribution in [0.4, 0.5) is 11.5 Å². The molecule has 0 saturated carbocycles. The first-order chi connectivity index (χ1) is 17.0. The van der Waals surface area contributed by atoms with Crippen molar-refractivity contribution in [2.45, 2.75) is 4.90 Å². The Morgan fingerprint density at radius 1 is 0.800 bits per heavy atom. The van der Waals surface area contributed by atoms with Gasteiger partial charge in [-0.25, -0.2) is 13.4 Å². The van der Waals surface area contributed by atoms with Crippen LogP contribution in [-0.4, -0.2) is 24.2 Å². The molecule has 0 spiro atoms. The molecule has 35 heavy (non-hydrogen) atoms. The molecule has 0 unspecified atom stereocenters. The lowest BCUT2D eigenvalue weighted by atomic mass is 10.0. The number of rotatable bonds is 7. The van der Waals surface area contributed by atoms with Gasteiger partial charge in [0.1, 0.15) is 0 Å². The fraction of sp³-hybridized carbons (Fsp3) is 0. The number of hydrogen-bond donors (Lipinski definition) is 2. The molecule has 7 nitrogen and oxygen atoms in total. The maximum absolute atomic E-state index is 12.7. The Morgan fingerprint density at radius 3 is 2.31 bits per heavy atom. The van der Waals surface area contributed by atoms with Crippen LogP contribution in [0.1, 0.15) is 10.4 Å². The van der Waals surface area contributed by atoms with E-state index in [1.54, 1.807) is 30.3 Å². The summed E-state index contributed by atoms with van der Waals surface area (Å²) in [6.07, 6.45) is 4.35. The van der Waals surface area contributed by atoms with Crippen LogP contribution in [0.3, 0.4) is 0 Å². The van der Waals surface area contributed by atoms with Crippen molar-refractivity contribution in [3.8, 4) is 0 Å². The quantitative estimate of drug-likeness (QED) is 0.239. The highest BCUT2D eigenvalue weighted by Gasteiger charge is 2.15. The predicted molar refractivity (Wildman–Crippen MR) is 138 cm³/mol. The Balaban J connectivity index is 1.24. The molecule has 8 heteroatoms. The lowest BCUT2D eigenvalue weighted by Gasteiger charge is -2.08. The number of allylic oxidation sites excluding steroid dienone is 1. The Morgan fingerprint density at radius 2 is 1.51 bits per heavy atom. The second-order valence-electron chi connectivity index (χ2n) is 7.78. The summed E-state index contributed by atoms with van der Waals surface area (Å²) in [5.41, 5.74) is 2.50. The van der Waals surface area contributed by atoms with Crippen molar-refractivity contribution in [1.82, 2.24) is 9.97 Å². The first-order valence-corrected chi connectivity index (χ1v) is 12.3. The first-order valence-electron chi connectivity index (χ1n) is 10.8. The molecule has 0 aliphatic heterocycles. The van der Waals surface area contributed by atoms with Crippen LogP contribution < -0.4 is 10.0 Å². The summed E-state index contributed by atoms with van der Waals surface area (Å²) in [6, 6.07) is 26.8. The number of carbonyl (C=O) groups excluding carboxylic acids is 1. The Kier molecular flexibility index (Phi) is 5.95. The van der Waals surface area contributed by atoms with Crippen LogP contribution in [0.2, 0.25) is 0 Å². The molecular weight excluding hydrogens is 460 g/mol. The molecule has 0 bridgehead atoms. The molecule has 0 amide bonds. The van der Waals surface area contributed by atoms with E-state index >= 15 is 0 Å². The van der Waals surface area contributed by atoms with Gasteiger partial charge in [-0.1, -0.05) is 48.5 Å². The van der Waals surface area contributed by atoms with Gasteiger partial charge < -0.3 is 5.32 Å². The van der Waals surface area contributed by atoms with Crippen molar-refractivity contribution in [2.24, 2.45) is 0 Å². The van der Waals surface area contributed by atoms with Crippen molar-refractivity contribution in [3.63, 3.8) is 0 Å². The van der Waals surface area contributed by atoms with E-state index in [1.165, 1.54) is 30.6 Å². The number of anilines is 2. The fourth-order valence-corrected chi connectivity index (χ4v) is 4.57. The molecule has 1 heterocycles. The van der Waals surface area contributed by atoms with Crippen LogP contribution in [-0.2, 0) is 10.0 Å². The molecule has 2 N–H and O–H groups in total. The molecule has 0 saturated heterocycles. The minimum Gasteiger partial charge on any atom is -0.362 e. The maximum atomic E-state index is 12.7. The van der Waals surface area contributed by atoms with E-state index in [1.807, 2.05) is 48.5 Å². The Bertz CT molecular complexity index is 1680. The van der Waals surface area contributed by atoms with Crippen LogP contribution in [0.15, 0.2) is 114 Å². The van der Waals surface area contributed by atoms with Gasteiger partial charge in [-0.15, -0.1) is 0 Å². The zero-order valence-electron chi connectivity index (χ0n) is 18.4. The average Bonchev–Trinajstić information content (AvgIpc) is 2.88. The van der Waals surface area contributed by atoms with Gasteiger partial charge in [-0.3, -0.25) is 14.5 Å². The summed E-state index contributed by atoms with van der Waals surface area (Å²) in [5, 5.41) is 5.06. The number of ketones is 1. The van der Waals surface area contributed by atoms with Gasteiger partial charge in [-0.2, -0.15) is 0 Å². The van der Waals surface area contributed by atoms with E-state index in [2.05, 4.69) is 20.0 Å². The molecule has 5 rings (SSSR count). The monoisotopic (exact) mass is 480 g/mol. The summed E-state index contributed by atoms with van der Waals surface area (Å²) < 4.78 is 27.9. The third-order valence-electron chi connectivity index (χ3n) is 5.37. The summed E-state index contributed by atoms with van der Waals surface area (Å²) in [6.45, 7) is 0. The van der Waals surface area contributed by atoms with Crippen LogP contribution in [0.5, 0.6) is 0 Å². The third kappa shape index (κ3) is 5.02. The van der Waals surface area contributed by atoms with E-state index in [4.69, 9.17) is 0 Å². The molecular formula is C27H20N4O3S. The van der Waals surface area contributed by atoms with Crippen LogP contribution in [0, 0.1) is 0 Å². The van der Waals surface area contributed by atoms with Gasteiger partial charge in [0.05, 0.1) is 22.1 Å². The number of aromatic nitrogens is 2. The van der Waals surface area contributed by atoms with Gasteiger partial charge in [0.25, 0.3) is 10.0 Å². The minimum absolute atomic E-state index is 0.0780. The molecule has 0 radical (unpaired) electrons. The molecule has 0 aliphatic carbocycles. The average molecular weight is 481 g/mol. The lowest BCUT2D eigenvalue weighted by molar-refractivity contribution is 0.104. The Hall–Kier alpha value is -4.56. The van der Waals surface area contributed by atoms with Crippen LogP contribution in [0.25, 0.3) is 21.8 Å². The molecule has 5 aromatic rings. The normalized spacial score (nSPS) is 11.7. The van der Waals surface area contributed by atoms with E-state index in [9.17, 15) is 13.2 Å². The SMILES string of the molecule is O=C(C=CNc1ccc(S(=O)(=O)Nc2cnc3ccccc3n2)cc1)c1ccc2ccccc2c1. The summed E-state index contributed by atoms with van der Waals surface area (Å²) in [5.74, 6) is 0.00387. The van der Waals surface area contributed by atoms with Crippen molar-refractivity contribution >= 4 is 49.1 Å². The zero-order valence-corrected chi connectivity index (χ0v) is 19.2. The van der Waals surface area contributed by atoms with Crippen molar-refractivity contribution < 1.29 is 13.2 Å². The summed E-state index contributed by atoms with van der Waals surface area (Å²) in [7, 11) is -3.84. The highest BCUT2D eigenvalue weighted by atomic mass is 32.2. The van der Waals surface area contributed by atoms with Crippen molar-refractivity contribution in [3.05, 3.63) is 115 Å².